The standard InChI is InChI=1S/C22H22ClFN4O5S2/c1-27(2)35(32,33)28(20-10-6-17(24)7-11-20)15-22(29)25-18-8-12-21(13-9-18)34(30,31)26-19-5-3-4-16(23)14-19/h3-14,26H,15H2,1-2H3,(H,25,29). The van der Waals surface area contributed by atoms with E-state index in [9.17, 15) is 26.0 Å². The van der Waals surface area contributed by atoms with Gasteiger partial charge in [0.2, 0.25) is 5.91 Å². The zero-order chi connectivity index (χ0) is 25.8. The fourth-order valence-corrected chi connectivity index (χ4v) is 5.23. The molecular formula is C22H22ClFN4O5S2. The molecule has 0 aliphatic carbocycles. The Balaban J connectivity index is 1.74. The van der Waals surface area contributed by atoms with Crippen LogP contribution >= 0.6 is 11.6 Å². The Bertz CT molecular complexity index is 1410. The highest BCUT2D eigenvalue weighted by molar-refractivity contribution is 7.92. The highest BCUT2D eigenvalue weighted by atomic mass is 35.5. The Morgan fingerprint density at radius 2 is 1.54 bits per heavy atom. The molecule has 3 aromatic rings. The predicted molar refractivity (Wildman–Crippen MR) is 134 cm³/mol. The lowest BCUT2D eigenvalue weighted by molar-refractivity contribution is -0.114. The summed E-state index contributed by atoms with van der Waals surface area (Å²) in [6.07, 6.45) is 0. The Morgan fingerprint density at radius 3 is 2.11 bits per heavy atom. The number of hydrogen-bond acceptors (Lipinski definition) is 5. The SMILES string of the molecule is CN(C)S(=O)(=O)N(CC(=O)Nc1ccc(S(=O)(=O)Nc2cccc(Cl)c2)cc1)c1ccc(F)cc1. The van der Waals surface area contributed by atoms with Gasteiger partial charge in [-0.25, -0.2) is 17.1 Å². The van der Waals surface area contributed by atoms with Crippen molar-refractivity contribution in [3.8, 4) is 0 Å². The molecule has 2 N–H and O–H groups in total. The molecule has 0 fully saturated rings. The first-order chi connectivity index (χ1) is 16.4. The summed E-state index contributed by atoms with van der Waals surface area (Å²) in [5.41, 5.74) is 0.639. The van der Waals surface area contributed by atoms with E-state index in [0.29, 0.717) is 5.02 Å². The lowest BCUT2D eigenvalue weighted by Gasteiger charge is -2.26. The molecule has 3 rings (SSSR count). The maximum atomic E-state index is 13.3. The second-order valence-electron chi connectivity index (χ2n) is 7.46. The first-order valence-electron chi connectivity index (χ1n) is 10.0. The maximum absolute atomic E-state index is 13.3. The van der Waals surface area contributed by atoms with Crippen molar-refractivity contribution in [1.82, 2.24) is 4.31 Å². The van der Waals surface area contributed by atoms with Gasteiger partial charge in [-0.3, -0.25) is 9.52 Å². The molecule has 0 aromatic heterocycles. The van der Waals surface area contributed by atoms with Crippen LogP contribution in [0.5, 0.6) is 0 Å². The minimum absolute atomic E-state index is 0.0569. The van der Waals surface area contributed by atoms with Crippen LogP contribution in [0.1, 0.15) is 0 Å². The molecule has 0 unspecified atom stereocenters. The van der Waals surface area contributed by atoms with Crippen molar-refractivity contribution in [2.75, 3.05) is 35.0 Å². The molecule has 1 amide bonds. The zero-order valence-corrected chi connectivity index (χ0v) is 21.0. The van der Waals surface area contributed by atoms with Crippen LogP contribution in [0.2, 0.25) is 5.02 Å². The van der Waals surface area contributed by atoms with Crippen molar-refractivity contribution >= 4 is 54.8 Å². The normalized spacial score (nSPS) is 11.8. The van der Waals surface area contributed by atoms with Crippen LogP contribution in [0.4, 0.5) is 21.5 Å². The number of sulfonamides is 1. The average molecular weight is 541 g/mol. The predicted octanol–water partition coefficient (Wildman–Crippen LogP) is 3.53. The fourth-order valence-electron chi connectivity index (χ4n) is 2.92. The minimum atomic E-state index is -4.06. The topological polar surface area (TPSA) is 116 Å². The molecule has 0 radical (unpaired) electrons. The summed E-state index contributed by atoms with van der Waals surface area (Å²) in [4.78, 5) is 12.6. The summed E-state index contributed by atoms with van der Waals surface area (Å²) < 4.78 is 68.1. The highest BCUT2D eigenvalue weighted by Gasteiger charge is 2.27. The Labute approximate surface area is 208 Å². The molecule has 186 valence electrons. The quantitative estimate of drug-likeness (QED) is 0.431. The number of halogens is 2. The Morgan fingerprint density at radius 1 is 0.914 bits per heavy atom. The summed E-state index contributed by atoms with van der Waals surface area (Å²) >= 11 is 5.88. The van der Waals surface area contributed by atoms with E-state index in [0.717, 1.165) is 20.7 Å². The van der Waals surface area contributed by atoms with Gasteiger partial charge in [-0.05, 0) is 66.7 Å². The molecule has 0 atom stereocenters. The monoisotopic (exact) mass is 540 g/mol. The van der Waals surface area contributed by atoms with Crippen molar-refractivity contribution in [1.29, 1.82) is 0 Å². The first-order valence-corrected chi connectivity index (χ1v) is 13.3. The van der Waals surface area contributed by atoms with Gasteiger partial charge < -0.3 is 5.32 Å². The van der Waals surface area contributed by atoms with Crippen LogP contribution in [0, 0.1) is 5.82 Å². The third-order valence-electron chi connectivity index (χ3n) is 4.67. The number of amides is 1. The van der Waals surface area contributed by atoms with Gasteiger partial charge in [0.05, 0.1) is 16.3 Å². The number of hydrogen-bond donors (Lipinski definition) is 2. The van der Waals surface area contributed by atoms with E-state index >= 15 is 0 Å². The van der Waals surface area contributed by atoms with E-state index in [1.165, 1.54) is 56.6 Å². The Kier molecular flexibility index (Phi) is 8.00. The summed E-state index contributed by atoms with van der Waals surface area (Å²) in [7, 11) is -5.36. The van der Waals surface area contributed by atoms with Gasteiger partial charge in [0.1, 0.15) is 12.4 Å². The molecule has 0 bridgehead atoms. The molecule has 0 aliphatic heterocycles. The summed E-state index contributed by atoms with van der Waals surface area (Å²) in [6.45, 7) is -0.595. The summed E-state index contributed by atoms with van der Waals surface area (Å²) in [6, 6.07) is 16.2. The largest absolute Gasteiger partial charge is 0.325 e. The van der Waals surface area contributed by atoms with E-state index in [4.69, 9.17) is 11.6 Å². The van der Waals surface area contributed by atoms with E-state index in [1.54, 1.807) is 18.2 Å². The fraction of sp³-hybridized carbons (Fsp3) is 0.136. The third kappa shape index (κ3) is 6.69. The number of rotatable bonds is 9. The molecule has 9 nitrogen and oxygen atoms in total. The van der Waals surface area contributed by atoms with Crippen molar-refractivity contribution < 1.29 is 26.0 Å². The van der Waals surface area contributed by atoms with Gasteiger partial charge in [0.25, 0.3) is 10.0 Å². The second kappa shape index (κ2) is 10.6. The molecule has 35 heavy (non-hydrogen) atoms. The van der Waals surface area contributed by atoms with Crippen LogP contribution in [0.25, 0.3) is 0 Å². The van der Waals surface area contributed by atoms with Gasteiger partial charge in [0.15, 0.2) is 0 Å². The van der Waals surface area contributed by atoms with Crippen LogP contribution in [-0.4, -0.2) is 47.7 Å². The molecular weight excluding hydrogens is 519 g/mol. The molecule has 13 heteroatoms. The van der Waals surface area contributed by atoms with E-state index in [1.807, 2.05) is 0 Å². The lowest BCUT2D eigenvalue weighted by Crippen LogP contribution is -2.44. The number of nitrogens with zero attached hydrogens (tertiary/aromatic N) is 2. The number of benzene rings is 3. The van der Waals surface area contributed by atoms with Crippen LogP contribution < -0.4 is 14.3 Å². The van der Waals surface area contributed by atoms with E-state index in [2.05, 4.69) is 10.0 Å². The van der Waals surface area contributed by atoms with Crippen LogP contribution in [0.3, 0.4) is 0 Å². The number of carbonyl (C=O) groups is 1. The van der Waals surface area contributed by atoms with E-state index < -0.39 is 38.5 Å². The molecule has 0 saturated heterocycles. The zero-order valence-electron chi connectivity index (χ0n) is 18.6. The number of carbonyl (C=O) groups excluding carboxylic acids is 1. The second-order valence-corrected chi connectivity index (χ2v) is 11.6. The molecule has 0 saturated carbocycles. The minimum Gasteiger partial charge on any atom is -0.325 e. The first kappa shape index (κ1) is 26.4. The number of nitrogens with one attached hydrogen (secondary N) is 2. The van der Waals surface area contributed by atoms with Crippen molar-refractivity contribution in [2.45, 2.75) is 4.90 Å². The van der Waals surface area contributed by atoms with Crippen molar-refractivity contribution in [2.24, 2.45) is 0 Å². The molecule has 0 spiro atoms. The molecule has 3 aromatic carbocycles. The van der Waals surface area contributed by atoms with Crippen LogP contribution in [0.15, 0.2) is 77.7 Å². The average Bonchev–Trinajstić information content (AvgIpc) is 2.78. The van der Waals surface area contributed by atoms with Crippen molar-refractivity contribution in [3.63, 3.8) is 0 Å². The van der Waals surface area contributed by atoms with Crippen LogP contribution in [-0.2, 0) is 25.0 Å². The van der Waals surface area contributed by atoms with E-state index in [-0.39, 0.29) is 22.0 Å². The lowest BCUT2D eigenvalue weighted by atomic mass is 10.3. The molecule has 0 heterocycles. The smallest absolute Gasteiger partial charge is 0.304 e. The van der Waals surface area contributed by atoms with Crippen molar-refractivity contribution in [3.05, 3.63) is 83.6 Å². The maximum Gasteiger partial charge on any atom is 0.304 e. The van der Waals surface area contributed by atoms with Gasteiger partial charge in [-0.2, -0.15) is 12.7 Å². The van der Waals surface area contributed by atoms with Gasteiger partial charge in [-0.1, -0.05) is 17.7 Å². The highest BCUT2D eigenvalue weighted by Crippen LogP contribution is 2.22. The third-order valence-corrected chi connectivity index (χ3v) is 8.12. The summed E-state index contributed by atoms with van der Waals surface area (Å²) in [5, 5.41) is 2.90. The Hall–Kier alpha value is -3.19. The van der Waals surface area contributed by atoms with Gasteiger partial charge in [-0.15, -0.1) is 0 Å². The van der Waals surface area contributed by atoms with Gasteiger partial charge in [0, 0.05) is 24.8 Å². The molecule has 0 aliphatic rings. The number of anilines is 3. The van der Waals surface area contributed by atoms with Gasteiger partial charge >= 0.3 is 10.2 Å². The summed E-state index contributed by atoms with van der Waals surface area (Å²) in [5.74, 6) is -1.24.